The summed E-state index contributed by atoms with van der Waals surface area (Å²) >= 11 is 0. The van der Waals surface area contributed by atoms with Crippen LogP contribution in [0.15, 0.2) is 108 Å². The highest BCUT2D eigenvalue weighted by molar-refractivity contribution is 7.92. The topological polar surface area (TPSA) is 86.8 Å². The Morgan fingerprint density at radius 1 is 0.822 bits per heavy atom. The van der Waals surface area contributed by atoms with Crippen LogP contribution in [0.25, 0.3) is 0 Å². The van der Waals surface area contributed by atoms with E-state index in [2.05, 4.69) is 5.32 Å². The van der Waals surface area contributed by atoms with Crippen LogP contribution < -0.4 is 9.62 Å². The highest BCUT2D eigenvalue weighted by Crippen LogP contribution is 2.26. The van der Waals surface area contributed by atoms with Gasteiger partial charge in [0, 0.05) is 19.5 Å². The van der Waals surface area contributed by atoms with Crippen LogP contribution in [0.4, 0.5) is 10.1 Å². The van der Waals surface area contributed by atoms with Crippen molar-refractivity contribution in [1.82, 2.24) is 10.2 Å². The summed E-state index contributed by atoms with van der Waals surface area (Å²) in [6.45, 7) is 7.73. The lowest BCUT2D eigenvalue weighted by Crippen LogP contribution is -2.53. The number of aryl methyl sites for hydroxylation is 2. The van der Waals surface area contributed by atoms with E-state index in [0.29, 0.717) is 6.54 Å². The maximum absolute atomic E-state index is 14.5. The fraction of sp³-hybridized carbons (Fsp3) is 0.278. The van der Waals surface area contributed by atoms with Crippen molar-refractivity contribution in [2.24, 2.45) is 5.92 Å². The molecule has 4 aromatic carbocycles. The zero-order valence-corrected chi connectivity index (χ0v) is 26.9. The summed E-state index contributed by atoms with van der Waals surface area (Å²) in [6, 6.07) is 27.4. The number of hydrogen-bond acceptors (Lipinski definition) is 4. The van der Waals surface area contributed by atoms with Crippen LogP contribution in [-0.2, 0) is 32.6 Å². The first-order chi connectivity index (χ1) is 21.5. The number of benzene rings is 4. The van der Waals surface area contributed by atoms with Gasteiger partial charge < -0.3 is 10.2 Å². The molecular formula is C36H40FN3O4S. The van der Waals surface area contributed by atoms with Gasteiger partial charge in [0.05, 0.1) is 10.6 Å². The van der Waals surface area contributed by atoms with Gasteiger partial charge in [-0.1, -0.05) is 86.1 Å². The maximum atomic E-state index is 14.5. The van der Waals surface area contributed by atoms with Crippen molar-refractivity contribution in [3.8, 4) is 0 Å². The largest absolute Gasteiger partial charge is 0.354 e. The van der Waals surface area contributed by atoms with E-state index in [9.17, 15) is 22.4 Å². The van der Waals surface area contributed by atoms with Gasteiger partial charge in [-0.15, -0.1) is 0 Å². The average Bonchev–Trinajstić information content (AvgIpc) is 3.02. The Kier molecular flexibility index (Phi) is 11.1. The van der Waals surface area contributed by atoms with Gasteiger partial charge in [-0.3, -0.25) is 13.9 Å². The van der Waals surface area contributed by atoms with E-state index in [4.69, 9.17) is 0 Å². The molecule has 1 unspecified atom stereocenters. The first-order valence-corrected chi connectivity index (χ1v) is 16.4. The number of sulfonamides is 1. The van der Waals surface area contributed by atoms with E-state index >= 15 is 0 Å². The lowest BCUT2D eigenvalue weighted by molar-refractivity contribution is -0.140. The highest BCUT2D eigenvalue weighted by Gasteiger charge is 2.34. The molecule has 0 aliphatic rings. The molecule has 4 rings (SSSR count). The molecule has 0 aromatic heterocycles. The number of carbonyl (C=O) groups is 2. The van der Waals surface area contributed by atoms with Gasteiger partial charge in [-0.25, -0.2) is 12.8 Å². The molecule has 45 heavy (non-hydrogen) atoms. The number of halogens is 1. The molecule has 0 saturated heterocycles. The van der Waals surface area contributed by atoms with Gasteiger partial charge in [0.25, 0.3) is 10.0 Å². The van der Waals surface area contributed by atoms with E-state index in [-0.39, 0.29) is 35.4 Å². The highest BCUT2D eigenvalue weighted by atomic mass is 32.2. The molecule has 0 spiro atoms. The summed E-state index contributed by atoms with van der Waals surface area (Å²) in [5, 5.41) is 2.99. The van der Waals surface area contributed by atoms with E-state index in [1.54, 1.807) is 24.3 Å². The van der Waals surface area contributed by atoms with Crippen molar-refractivity contribution in [1.29, 1.82) is 0 Å². The van der Waals surface area contributed by atoms with Crippen molar-refractivity contribution in [2.45, 2.75) is 51.6 Å². The molecular weight excluding hydrogens is 589 g/mol. The Hall–Kier alpha value is -4.50. The summed E-state index contributed by atoms with van der Waals surface area (Å²) in [5.74, 6) is -1.26. The van der Waals surface area contributed by atoms with Crippen LogP contribution in [0.1, 0.15) is 36.1 Å². The van der Waals surface area contributed by atoms with Gasteiger partial charge in [-0.2, -0.15) is 0 Å². The molecule has 236 valence electrons. The molecule has 0 saturated carbocycles. The zero-order chi connectivity index (χ0) is 32.6. The molecule has 4 aromatic rings. The number of nitrogens with one attached hydrogen (secondary N) is 1. The zero-order valence-electron chi connectivity index (χ0n) is 26.1. The molecule has 0 heterocycles. The second kappa shape index (κ2) is 15.0. The molecule has 7 nitrogen and oxygen atoms in total. The summed E-state index contributed by atoms with van der Waals surface area (Å²) in [7, 11) is -4.30. The Morgan fingerprint density at radius 2 is 1.44 bits per heavy atom. The standard InChI is InChI=1S/C36H40FN3O4S/c1-26(2)23-38-36(42)34(22-29-11-6-5-7-12-29)39(24-30-13-9-8-10-28(30)4)35(41)25-40(32-18-14-27(3)15-19-32)45(43,44)33-20-16-31(37)17-21-33/h5-21,26,34H,22-25H2,1-4H3,(H,38,42). The third kappa shape index (κ3) is 8.79. The molecule has 0 radical (unpaired) electrons. The first-order valence-electron chi connectivity index (χ1n) is 15.0. The number of rotatable bonds is 13. The molecule has 1 N–H and O–H groups in total. The molecule has 0 bridgehead atoms. The lowest BCUT2D eigenvalue weighted by atomic mass is 10.0. The van der Waals surface area contributed by atoms with Crippen LogP contribution in [0.5, 0.6) is 0 Å². The average molecular weight is 630 g/mol. The Labute approximate surface area is 265 Å². The monoisotopic (exact) mass is 629 g/mol. The number of hydrogen-bond donors (Lipinski definition) is 1. The van der Waals surface area contributed by atoms with Crippen molar-refractivity contribution in [3.63, 3.8) is 0 Å². The third-order valence-electron chi connectivity index (χ3n) is 7.56. The normalized spacial score (nSPS) is 12.0. The van der Waals surface area contributed by atoms with Crippen LogP contribution in [-0.4, -0.2) is 44.3 Å². The maximum Gasteiger partial charge on any atom is 0.264 e. The van der Waals surface area contributed by atoms with E-state index in [1.807, 2.05) is 82.3 Å². The predicted molar refractivity (Wildman–Crippen MR) is 176 cm³/mol. The Balaban J connectivity index is 1.80. The predicted octanol–water partition coefficient (Wildman–Crippen LogP) is 6.05. The number of anilines is 1. The minimum absolute atomic E-state index is 0.0937. The lowest BCUT2D eigenvalue weighted by Gasteiger charge is -2.34. The van der Waals surface area contributed by atoms with Crippen LogP contribution in [0.2, 0.25) is 0 Å². The van der Waals surface area contributed by atoms with Gasteiger partial charge in [0.15, 0.2) is 0 Å². The van der Waals surface area contributed by atoms with E-state index in [1.165, 1.54) is 17.0 Å². The fourth-order valence-electron chi connectivity index (χ4n) is 4.92. The SMILES string of the molecule is Cc1ccc(N(CC(=O)N(Cc2ccccc2C)C(Cc2ccccc2)C(=O)NCC(C)C)S(=O)(=O)c2ccc(F)cc2)cc1. The molecule has 9 heteroatoms. The third-order valence-corrected chi connectivity index (χ3v) is 9.35. The van der Waals surface area contributed by atoms with Gasteiger partial charge in [0.2, 0.25) is 11.8 Å². The van der Waals surface area contributed by atoms with Crippen LogP contribution >= 0.6 is 0 Å². The molecule has 2 amide bonds. The number of nitrogens with zero attached hydrogens (tertiary/aromatic N) is 2. The quantitative estimate of drug-likeness (QED) is 0.195. The first kappa shape index (κ1) is 33.4. The van der Waals surface area contributed by atoms with Crippen molar-refractivity contribution < 1.29 is 22.4 Å². The smallest absolute Gasteiger partial charge is 0.264 e. The van der Waals surface area contributed by atoms with Crippen LogP contribution in [0, 0.1) is 25.6 Å². The Morgan fingerprint density at radius 3 is 2.07 bits per heavy atom. The van der Waals surface area contributed by atoms with Crippen molar-refractivity contribution >= 4 is 27.5 Å². The molecule has 0 aliphatic heterocycles. The van der Waals surface area contributed by atoms with E-state index in [0.717, 1.165) is 38.7 Å². The van der Waals surface area contributed by atoms with Crippen LogP contribution in [0.3, 0.4) is 0 Å². The molecule has 1 atom stereocenters. The summed E-state index contributed by atoms with van der Waals surface area (Å²) in [5.41, 5.74) is 3.82. The summed E-state index contributed by atoms with van der Waals surface area (Å²) in [4.78, 5) is 29.7. The minimum atomic E-state index is -4.30. The second-order valence-corrected chi connectivity index (χ2v) is 13.5. The van der Waals surface area contributed by atoms with Crippen molar-refractivity contribution in [3.05, 3.63) is 131 Å². The van der Waals surface area contributed by atoms with Gasteiger partial charge in [0.1, 0.15) is 18.4 Å². The number of carbonyl (C=O) groups excluding carboxylic acids is 2. The minimum Gasteiger partial charge on any atom is -0.354 e. The summed E-state index contributed by atoms with van der Waals surface area (Å²) < 4.78 is 42.8. The fourth-order valence-corrected chi connectivity index (χ4v) is 6.34. The van der Waals surface area contributed by atoms with Crippen molar-refractivity contribution in [2.75, 3.05) is 17.4 Å². The van der Waals surface area contributed by atoms with E-state index < -0.39 is 34.3 Å². The summed E-state index contributed by atoms with van der Waals surface area (Å²) in [6.07, 6.45) is 0.234. The number of amides is 2. The van der Waals surface area contributed by atoms with Gasteiger partial charge in [-0.05, 0) is 72.9 Å². The molecule has 0 fully saturated rings. The molecule has 0 aliphatic carbocycles. The second-order valence-electron chi connectivity index (χ2n) is 11.6. The Bertz CT molecular complexity index is 1690. The van der Waals surface area contributed by atoms with Gasteiger partial charge >= 0.3 is 0 Å².